The van der Waals surface area contributed by atoms with Gasteiger partial charge < -0.3 is 0 Å². The van der Waals surface area contributed by atoms with Crippen LogP contribution < -0.4 is 10.3 Å². The van der Waals surface area contributed by atoms with Gasteiger partial charge in [0, 0.05) is 16.2 Å². The summed E-state index contributed by atoms with van der Waals surface area (Å²) in [5.41, 5.74) is 2.08. The first-order valence-electron chi connectivity index (χ1n) is 6.53. The number of carbonyl (C=O) groups excluding carboxylic acids is 1. The Labute approximate surface area is 131 Å². The average molecular weight is 318 g/mol. The van der Waals surface area contributed by atoms with Gasteiger partial charge in [-0.15, -0.1) is 11.3 Å². The second kappa shape index (κ2) is 5.47. The number of fused-ring (bicyclic) bond motifs is 1. The minimum absolute atomic E-state index is 0.192. The van der Waals surface area contributed by atoms with Crippen molar-refractivity contribution in [2.24, 2.45) is 0 Å². The number of aromatic nitrogens is 1. The van der Waals surface area contributed by atoms with Crippen LogP contribution in [0.15, 0.2) is 36.4 Å². The first-order valence-corrected chi connectivity index (χ1v) is 7.73. The van der Waals surface area contributed by atoms with E-state index in [1.165, 1.54) is 11.3 Å². The molecule has 106 valence electrons. The van der Waals surface area contributed by atoms with E-state index in [4.69, 9.17) is 11.6 Å². The Hall–Kier alpha value is -1.91. The number of amides is 1. The van der Waals surface area contributed by atoms with Crippen LogP contribution in [0.1, 0.15) is 20.9 Å². The molecule has 0 saturated heterocycles. The first-order chi connectivity index (χ1) is 10.0. The summed E-state index contributed by atoms with van der Waals surface area (Å²) in [5.74, 6) is 0.480. The number of aryl methyl sites for hydroxylation is 2. The third-order valence-electron chi connectivity index (χ3n) is 3.14. The molecule has 0 fully saturated rings. The van der Waals surface area contributed by atoms with E-state index in [1.54, 1.807) is 0 Å². The van der Waals surface area contributed by atoms with Gasteiger partial charge in [-0.2, -0.15) is 0 Å². The molecule has 5 heteroatoms. The van der Waals surface area contributed by atoms with Crippen LogP contribution in [0.5, 0.6) is 0 Å². The van der Waals surface area contributed by atoms with Crippen molar-refractivity contribution in [3.63, 3.8) is 0 Å². The molecule has 0 atom stereocenters. The number of pyridine rings is 1. The van der Waals surface area contributed by atoms with Gasteiger partial charge >= 0.3 is 5.91 Å². The molecule has 1 amide bonds. The van der Waals surface area contributed by atoms with E-state index in [-0.39, 0.29) is 5.91 Å². The van der Waals surface area contributed by atoms with Gasteiger partial charge in [0.15, 0.2) is 0 Å². The first kappa shape index (κ1) is 14.0. The molecular formula is C16H14ClN2OS+. The average Bonchev–Trinajstić information content (AvgIpc) is 2.76. The maximum atomic E-state index is 12.4. The fourth-order valence-electron chi connectivity index (χ4n) is 2.30. The highest BCUT2D eigenvalue weighted by Crippen LogP contribution is 2.35. The van der Waals surface area contributed by atoms with E-state index in [2.05, 4.69) is 10.3 Å². The lowest BCUT2D eigenvalue weighted by Crippen LogP contribution is -2.21. The molecule has 2 N–H and O–H groups in total. The number of hydrogen-bond donors (Lipinski definition) is 1. The molecule has 2 aromatic heterocycles. The molecule has 21 heavy (non-hydrogen) atoms. The van der Waals surface area contributed by atoms with Crippen molar-refractivity contribution in [3.8, 4) is 0 Å². The standard InChI is InChI=1S/C16H13ClN2OS/c1-9-7-10(2)18-13(8-9)19-16(20)15-14(17)11-5-3-4-6-12(11)21-15/h3-8H,1-2H3,(H,18,19,20)/p+1. The number of nitrogens with one attached hydrogen (secondary N) is 2. The summed E-state index contributed by atoms with van der Waals surface area (Å²) < 4.78 is 1.01. The van der Waals surface area contributed by atoms with Crippen LogP contribution in [0.2, 0.25) is 5.02 Å². The lowest BCUT2D eigenvalue weighted by Gasteiger charge is -1.99. The molecule has 0 saturated carbocycles. The van der Waals surface area contributed by atoms with E-state index in [1.807, 2.05) is 50.2 Å². The highest BCUT2D eigenvalue weighted by Gasteiger charge is 2.21. The molecule has 2 heterocycles. The van der Waals surface area contributed by atoms with Crippen molar-refractivity contribution in [2.75, 3.05) is 5.32 Å². The van der Waals surface area contributed by atoms with Crippen LogP contribution in [0.4, 0.5) is 5.82 Å². The zero-order valence-electron chi connectivity index (χ0n) is 11.7. The number of aromatic amines is 1. The molecule has 3 nitrogen and oxygen atoms in total. The van der Waals surface area contributed by atoms with Crippen molar-refractivity contribution in [1.29, 1.82) is 0 Å². The Kier molecular flexibility index (Phi) is 3.66. The van der Waals surface area contributed by atoms with Gasteiger partial charge in [0.1, 0.15) is 4.88 Å². The van der Waals surface area contributed by atoms with E-state index in [0.717, 1.165) is 21.3 Å². The second-order valence-electron chi connectivity index (χ2n) is 4.95. The number of carbonyl (C=O) groups is 1. The Morgan fingerprint density at radius 3 is 2.71 bits per heavy atom. The van der Waals surface area contributed by atoms with Crippen molar-refractivity contribution in [1.82, 2.24) is 0 Å². The molecule has 0 aliphatic rings. The van der Waals surface area contributed by atoms with Crippen LogP contribution in [0.3, 0.4) is 0 Å². The summed E-state index contributed by atoms with van der Waals surface area (Å²) >= 11 is 7.72. The summed E-state index contributed by atoms with van der Waals surface area (Å²) in [6.07, 6.45) is 0. The maximum absolute atomic E-state index is 12.4. The molecule has 3 aromatic rings. The van der Waals surface area contributed by atoms with Crippen molar-refractivity contribution < 1.29 is 9.78 Å². The predicted molar refractivity (Wildman–Crippen MR) is 87.3 cm³/mol. The van der Waals surface area contributed by atoms with Gasteiger partial charge in [-0.3, -0.25) is 0 Å². The van der Waals surface area contributed by atoms with E-state index in [0.29, 0.717) is 15.7 Å². The number of rotatable bonds is 2. The molecule has 3 rings (SSSR count). The number of halogens is 1. The normalized spacial score (nSPS) is 10.8. The zero-order valence-corrected chi connectivity index (χ0v) is 13.2. The quantitative estimate of drug-likeness (QED) is 0.755. The monoisotopic (exact) mass is 317 g/mol. The lowest BCUT2D eigenvalue weighted by molar-refractivity contribution is -0.370. The van der Waals surface area contributed by atoms with Crippen LogP contribution in [0, 0.1) is 13.8 Å². The number of benzene rings is 1. The van der Waals surface area contributed by atoms with Gasteiger partial charge in [0.05, 0.1) is 10.7 Å². The van der Waals surface area contributed by atoms with Gasteiger partial charge in [0.2, 0.25) is 0 Å². The number of thiophene rings is 1. The Morgan fingerprint density at radius 2 is 2.00 bits per heavy atom. The van der Waals surface area contributed by atoms with Crippen LogP contribution in [-0.4, -0.2) is 5.91 Å². The summed E-state index contributed by atoms with van der Waals surface area (Å²) in [6.45, 7) is 3.94. The fraction of sp³-hybridized carbons (Fsp3) is 0.125. The molecule has 0 radical (unpaired) electrons. The maximum Gasteiger partial charge on any atom is 0.350 e. The SMILES string of the molecule is Cc1cc(C)[nH+]c(NC(=O)c2sc3ccccc3c2Cl)c1. The molecule has 0 bridgehead atoms. The number of hydrogen-bond acceptors (Lipinski definition) is 2. The van der Waals surface area contributed by atoms with Crippen molar-refractivity contribution in [3.05, 3.63) is 57.6 Å². The smallest absolute Gasteiger partial charge is 0.245 e. The summed E-state index contributed by atoms with van der Waals surface area (Å²) in [7, 11) is 0. The third kappa shape index (κ3) is 2.77. The summed E-state index contributed by atoms with van der Waals surface area (Å²) in [5, 5.41) is 4.30. The topological polar surface area (TPSA) is 43.2 Å². The number of H-pyrrole nitrogens is 1. The minimum atomic E-state index is -0.192. The van der Waals surface area contributed by atoms with Crippen LogP contribution in [-0.2, 0) is 0 Å². The predicted octanol–water partition coefficient (Wildman–Crippen LogP) is 4.24. The number of anilines is 1. The Bertz CT molecular complexity index is 821. The van der Waals surface area contributed by atoms with E-state index >= 15 is 0 Å². The molecule has 0 aliphatic carbocycles. The molecule has 0 aliphatic heterocycles. The van der Waals surface area contributed by atoms with Crippen LogP contribution >= 0.6 is 22.9 Å². The molecule has 1 aromatic carbocycles. The van der Waals surface area contributed by atoms with Gasteiger partial charge in [-0.25, -0.2) is 15.1 Å². The molecular weight excluding hydrogens is 304 g/mol. The molecule has 0 unspecified atom stereocenters. The zero-order chi connectivity index (χ0) is 15.0. The van der Waals surface area contributed by atoms with Gasteiger partial charge in [-0.1, -0.05) is 29.8 Å². The lowest BCUT2D eigenvalue weighted by atomic mass is 10.2. The summed E-state index contributed by atoms with van der Waals surface area (Å²) in [6, 6.07) is 11.7. The molecule has 0 spiro atoms. The third-order valence-corrected chi connectivity index (χ3v) is 4.81. The van der Waals surface area contributed by atoms with E-state index in [9.17, 15) is 4.79 Å². The van der Waals surface area contributed by atoms with Gasteiger partial charge in [0.25, 0.3) is 5.82 Å². The van der Waals surface area contributed by atoms with Crippen molar-refractivity contribution in [2.45, 2.75) is 13.8 Å². The highest BCUT2D eigenvalue weighted by atomic mass is 35.5. The summed E-state index contributed by atoms with van der Waals surface area (Å²) in [4.78, 5) is 16.1. The Balaban J connectivity index is 1.95. The Morgan fingerprint density at radius 1 is 1.24 bits per heavy atom. The van der Waals surface area contributed by atoms with Crippen LogP contribution in [0.25, 0.3) is 10.1 Å². The van der Waals surface area contributed by atoms with E-state index < -0.39 is 0 Å². The van der Waals surface area contributed by atoms with Gasteiger partial charge in [-0.05, 0) is 31.5 Å². The largest absolute Gasteiger partial charge is 0.350 e. The minimum Gasteiger partial charge on any atom is -0.245 e. The highest BCUT2D eigenvalue weighted by molar-refractivity contribution is 7.21. The van der Waals surface area contributed by atoms with Crippen molar-refractivity contribution >= 4 is 44.7 Å². The fourth-order valence-corrected chi connectivity index (χ4v) is 3.71. The second-order valence-corrected chi connectivity index (χ2v) is 6.38.